The number of nitrogens with zero attached hydrogens (tertiary/aromatic N) is 12. The number of pyridine rings is 7. The highest BCUT2D eigenvalue weighted by Gasteiger charge is 2.15. The third-order valence-electron chi connectivity index (χ3n) is 21.8. The minimum atomic E-state index is 1.06. The Bertz CT molecular complexity index is 6060. The number of aryl methyl sites for hydroxylation is 13. The van der Waals surface area contributed by atoms with Crippen molar-refractivity contribution in [2.24, 2.45) is 35.2 Å². The predicted molar refractivity (Wildman–Crippen MR) is 547 cm³/mol. The van der Waals surface area contributed by atoms with E-state index in [9.17, 15) is 0 Å². The first-order valence-electron chi connectivity index (χ1n) is 45.2. The highest BCUT2D eigenvalue weighted by molar-refractivity contribution is 6.12. The average molecular weight is 1660 g/mol. The summed E-state index contributed by atoms with van der Waals surface area (Å²) >= 11 is 0. The first kappa shape index (κ1) is 100. The van der Waals surface area contributed by atoms with E-state index in [0.717, 1.165) is 36.1 Å². The standard InChI is InChI=1S/C14H13N.4C13H12N2.3C10H11N.8C2H6/c1-10-6-5-8-12-11-7-3-4-9-13(11)15(2)14(10)12;1-9-5-3-6-10-12-11(7-4-8-14-12)15(2)13(9)10;1-9-5-3-6-10-11-7-4-8-14-13(11)15(2)12(9)10;1-9-4-3-5-11-10-6-7-14-8-12(10)15(2)13(9)11;1-9-4-3-5-10-11-8-14-7-6-12(11)15(2)13(9)10;1-7-3-4-9-6-11-5-8(2)10(7)9;1-7-3-4-9-5-6-11-8(2)10(7)9;1-7-3-4-9-10(7)8(2)5-6-11-9;8*1-2/h3-9H,1-2H3;4*3-8H,1-2H3;3*4-6H,3H2,1-2H3;8*1-2H3. The molecule has 3 aliphatic carbocycles. The summed E-state index contributed by atoms with van der Waals surface area (Å²) in [5.41, 5.74) is 28.4. The second-order valence-corrected chi connectivity index (χ2v) is 28.9. The van der Waals surface area contributed by atoms with Crippen molar-refractivity contribution in [3.63, 3.8) is 0 Å². The van der Waals surface area contributed by atoms with Crippen LogP contribution in [-0.4, -0.2) is 57.7 Å². The van der Waals surface area contributed by atoms with Gasteiger partial charge in [-0.2, -0.15) is 0 Å². The van der Waals surface area contributed by atoms with E-state index in [-0.39, 0.29) is 0 Å². The van der Waals surface area contributed by atoms with Crippen LogP contribution in [0.1, 0.15) is 195 Å². The van der Waals surface area contributed by atoms with Crippen LogP contribution in [0.5, 0.6) is 0 Å². The second kappa shape index (κ2) is 49.6. The van der Waals surface area contributed by atoms with Crippen LogP contribution in [0.25, 0.3) is 144 Å². The molecule has 0 aliphatic heterocycles. The fraction of sp³-hybridized carbons (Fsp3) is 0.312. The molecule has 650 valence electrons. The molecule has 0 saturated heterocycles. The van der Waals surface area contributed by atoms with Crippen molar-refractivity contribution in [2.75, 3.05) is 0 Å². The first-order chi connectivity index (χ1) is 60.3. The Morgan fingerprint density at radius 1 is 0.234 bits per heavy atom. The molecule has 0 spiro atoms. The number of para-hydroxylation sites is 6. The normalized spacial score (nSPS) is 11.1. The summed E-state index contributed by atoms with van der Waals surface area (Å²) in [5.74, 6) is 0. The zero-order valence-corrected chi connectivity index (χ0v) is 81.1. The van der Waals surface area contributed by atoms with Gasteiger partial charge in [0.05, 0.1) is 61.2 Å². The van der Waals surface area contributed by atoms with Crippen molar-refractivity contribution in [3.05, 3.63) is 302 Å². The lowest BCUT2D eigenvalue weighted by Gasteiger charge is -2.00. The SMILES string of the molecule is CC.CC.CC.CC.CC.CC.CC.CC.CC1=c2c(C)ccnc2=CC1.CC1=c2c(C)cncc2=CC1.CC1=c2c(C)nccc2=CC1.Cc1cccc2c3ccccc3n(C)c12.Cc1cccc2c3cccnc3n(C)c12.Cc1cccc2c3ccncc3n(C)c12.Cc1cccc2c3cnccc3n(C)c12.Cc1cccc2c3ncccc3n(C)c12. The summed E-state index contributed by atoms with van der Waals surface area (Å²) in [6, 6.07) is 57.2. The summed E-state index contributed by atoms with van der Waals surface area (Å²) in [6.07, 6.45) is 28.9. The van der Waals surface area contributed by atoms with Gasteiger partial charge in [0.2, 0.25) is 0 Å². The molecular formula is C112H142N12. The smallest absolute Gasteiger partial charge is 0.140 e. The van der Waals surface area contributed by atoms with E-state index in [1.807, 2.05) is 185 Å². The maximum atomic E-state index is 4.45. The summed E-state index contributed by atoms with van der Waals surface area (Å²) in [7, 11) is 10.5. The van der Waals surface area contributed by atoms with E-state index in [1.54, 1.807) is 0 Å². The topological polar surface area (TPSA) is 115 Å². The summed E-state index contributed by atoms with van der Waals surface area (Å²) in [6.45, 7) is 55.6. The summed E-state index contributed by atoms with van der Waals surface area (Å²) in [5, 5.41) is 19.6. The fourth-order valence-corrected chi connectivity index (χ4v) is 16.7. The van der Waals surface area contributed by atoms with E-state index < -0.39 is 0 Å². The molecule has 0 amide bonds. The molecule has 12 heterocycles. The van der Waals surface area contributed by atoms with Gasteiger partial charge in [-0.15, -0.1) is 0 Å². The molecule has 0 saturated carbocycles. The molecule has 0 fully saturated rings. The molecule has 12 nitrogen and oxygen atoms in total. The van der Waals surface area contributed by atoms with Crippen LogP contribution < -0.4 is 31.4 Å². The van der Waals surface area contributed by atoms with Gasteiger partial charge in [-0.25, -0.2) is 4.98 Å². The van der Waals surface area contributed by atoms with Crippen LogP contribution in [0.15, 0.2) is 226 Å². The van der Waals surface area contributed by atoms with Crippen molar-refractivity contribution < 1.29 is 0 Å². The van der Waals surface area contributed by atoms with Gasteiger partial charge in [-0.05, 0) is 205 Å². The molecule has 0 radical (unpaired) electrons. The number of aromatic nitrogens is 12. The van der Waals surface area contributed by atoms with E-state index in [4.69, 9.17) is 0 Å². The average Bonchev–Trinajstić information content (AvgIpc) is 1.63. The molecule has 21 rings (SSSR count). The fourth-order valence-electron chi connectivity index (χ4n) is 16.7. The largest absolute Gasteiger partial charge is 0.343 e. The Hall–Kier alpha value is -12.4. The molecule has 12 aromatic heterocycles. The number of hydrogen-bond donors (Lipinski definition) is 0. The molecule has 3 aliphatic rings. The van der Waals surface area contributed by atoms with Crippen LogP contribution in [0.2, 0.25) is 0 Å². The van der Waals surface area contributed by atoms with Crippen molar-refractivity contribution >= 4 is 144 Å². The Balaban J connectivity index is 0.000000215. The third kappa shape index (κ3) is 22.1. The molecule has 0 bridgehead atoms. The molecule has 124 heavy (non-hydrogen) atoms. The van der Waals surface area contributed by atoms with Gasteiger partial charge in [0.25, 0.3) is 0 Å². The van der Waals surface area contributed by atoms with Crippen LogP contribution in [-0.2, 0) is 35.2 Å². The van der Waals surface area contributed by atoms with Gasteiger partial charge in [0.1, 0.15) is 5.65 Å². The molecule has 12 heteroatoms. The lowest BCUT2D eigenvalue weighted by atomic mass is 10.1. The van der Waals surface area contributed by atoms with Gasteiger partial charge in [0.15, 0.2) is 0 Å². The van der Waals surface area contributed by atoms with Gasteiger partial charge in [-0.3, -0.25) is 29.9 Å². The van der Waals surface area contributed by atoms with Crippen LogP contribution in [0, 0.1) is 55.4 Å². The zero-order valence-electron chi connectivity index (χ0n) is 81.1. The van der Waals surface area contributed by atoms with Crippen molar-refractivity contribution in [1.29, 1.82) is 0 Å². The zero-order chi connectivity index (χ0) is 91.6. The number of fused-ring (bicyclic) bond motifs is 18. The summed E-state index contributed by atoms with van der Waals surface area (Å²) in [4.78, 5) is 29.9. The Morgan fingerprint density at radius 3 is 1.19 bits per heavy atom. The molecule has 6 aromatic carbocycles. The Labute approximate surface area is 740 Å². The Morgan fingerprint density at radius 2 is 0.637 bits per heavy atom. The quantitative estimate of drug-likeness (QED) is 0.148. The first-order valence-corrected chi connectivity index (χ1v) is 45.2. The third-order valence-corrected chi connectivity index (χ3v) is 21.8. The number of benzene rings is 6. The molecular weight excluding hydrogens is 1510 g/mol. The van der Waals surface area contributed by atoms with E-state index in [0.29, 0.717) is 0 Å². The van der Waals surface area contributed by atoms with Crippen LogP contribution in [0.4, 0.5) is 0 Å². The predicted octanol–water partition coefficient (Wildman–Crippen LogP) is 26.2. The van der Waals surface area contributed by atoms with Gasteiger partial charge < -0.3 is 22.8 Å². The summed E-state index contributed by atoms with van der Waals surface area (Å²) < 4.78 is 11.1. The van der Waals surface area contributed by atoms with E-state index in [2.05, 4.69) is 339 Å². The van der Waals surface area contributed by atoms with Crippen LogP contribution >= 0.6 is 0 Å². The molecule has 0 atom stereocenters. The minimum Gasteiger partial charge on any atom is -0.343 e. The van der Waals surface area contributed by atoms with Gasteiger partial charge in [-0.1, -0.05) is 255 Å². The lowest BCUT2D eigenvalue weighted by Crippen LogP contribution is -2.28. The van der Waals surface area contributed by atoms with Gasteiger partial charge in [0, 0.05) is 161 Å². The molecule has 0 N–H and O–H groups in total. The number of hydrogen-bond acceptors (Lipinski definition) is 7. The maximum absolute atomic E-state index is 4.45. The van der Waals surface area contributed by atoms with E-state index >= 15 is 0 Å². The highest BCUT2D eigenvalue weighted by atomic mass is 15.0. The monoisotopic (exact) mass is 1660 g/mol. The van der Waals surface area contributed by atoms with Crippen molar-refractivity contribution in [2.45, 2.75) is 206 Å². The lowest BCUT2D eigenvalue weighted by molar-refractivity contribution is 0.984. The second-order valence-electron chi connectivity index (χ2n) is 28.9. The number of rotatable bonds is 0. The highest BCUT2D eigenvalue weighted by Crippen LogP contribution is 2.34. The van der Waals surface area contributed by atoms with Crippen LogP contribution in [0.3, 0.4) is 0 Å². The Kier molecular flexibility index (Phi) is 40.2. The molecule has 0 unspecified atom stereocenters. The molecule has 18 aromatic rings. The maximum Gasteiger partial charge on any atom is 0.140 e. The van der Waals surface area contributed by atoms with Gasteiger partial charge >= 0.3 is 0 Å². The van der Waals surface area contributed by atoms with Crippen molar-refractivity contribution in [3.8, 4) is 0 Å². The minimum absolute atomic E-state index is 1.06. The van der Waals surface area contributed by atoms with Crippen molar-refractivity contribution in [1.82, 2.24) is 57.7 Å². The van der Waals surface area contributed by atoms with E-state index in [1.165, 1.54) is 185 Å².